The van der Waals surface area contributed by atoms with E-state index in [1.165, 1.54) is 0 Å². The highest BCUT2D eigenvalue weighted by molar-refractivity contribution is 7.89. The fourth-order valence-corrected chi connectivity index (χ4v) is 4.69. The van der Waals surface area contributed by atoms with E-state index >= 15 is 0 Å². The average Bonchev–Trinajstić information content (AvgIpc) is 2.81. The van der Waals surface area contributed by atoms with E-state index in [2.05, 4.69) is 23.5 Å². The molecule has 2 unspecified atom stereocenters. The summed E-state index contributed by atoms with van der Waals surface area (Å²) in [5.74, 6) is 6.08. The van der Waals surface area contributed by atoms with Gasteiger partial charge in [-0.3, -0.25) is 0 Å². The molecule has 0 aliphatic heterocycles. The molecule has 32 heavy (non-hydrogen) atoms. The van der Waals surface area contributed by atoms with Crippen LogP contribution in [-0.4, -0.2) is 13.5 Å². The van der Waals surface area contributed by atoms with Crippen LogP contribution in [0.25, 0.3) is 0 Å². The lowest BCUT2D eigenvalue weighted by Crippen LogP contribution is -2.43. The predicted molar refractivity (Wildman–Crippen MR) is 128 cm³/mol. The Bertz CT molecular complexity index is 1160. The molecule has 5 heteroatoms. The lowest BCUT2D eigenvalue weighted by Gasteiger charge is -2.33. The third-order valence-electron chi connectivity index (χ3n) is 5.30. The summed E-state index contributed by atoms with van der Waals surface area (Å²) in [6.07, 6.45) is 2.52. The van der Waals surface area contributed by atoms with E-state index in [0.717, 1.165) is 18.4 Å². The highest BCUT2D eigenvalue weighted by Crippen LogP contribution is 2.36. The second-order valence-corrected chi connectivity index (χ2v) is 9.53. The minimum Gasteiger partial charge on any atom is -0.371 e. The van der Waals surface area contributed by atoms with Crippen LogP contribution in [0.4, 0.5) is 0 Å². The van der Waals surface area contributed by atoms with Crippen molar-refractivity contribution in [2.45, 2.75) is 49.6 Å². The molecular weight excluding hydrogens is 418 g/mol. The van der Waals surface area contributed by atoms with Crippen LogP contribution in [0, 0.1) is 18.8 Å². The zero-order valence-electron chi connectivity index (χ0n) is 18.5. The second-order valence-electron chi connectivity index (χ2n) is 7.82. The minimum absolute atomic E-state index is 0.137. The van der Waals surface area contributed by atoms with Gasteiger partial charge in [0.05, 0.1) is 10.9 Å². The number of benzene rings is 3. The summed E-state index contributed by atoms with van der Waals surface area (Å²) in [5, 5.41) is 11.9. The average molecular weight is 448 g/mol. The number of aryl methyl sites for hydroxylation is 1. The third kappa shape index (κ3) is 5.66. The zero-order valence-corrected chi connectivity index (χ0v) is 19.3. The van der Waals surface area contributed by atoms with Gasteiger partial charge in [0.1, 0.15) is 0 Å². The molecule has 166 valence electrons. The highest BCUT2D eigenvalue weighted by Gasteiger charge is 2.41. The molecule has 3 aromatic carbocycles. The van der Waals surface area contributed by atoms with Gasteiger partial charge < -0.3 is 5.11 Å². The molecule has 3 aromatic rings. The molecule has 4 nitrogen and oxygen atoms in total. The first-order valence-electron chi connectivity index (χ1n) is 10.8. The first-order chi connectivity index (χ1) is 15.4. The number of hydrogen-bond acceptors (Lipinski definition) is 3. The first-order valence-corrected chi connectivity index (χ1v) is 12.3. The van der Waals surface area contributed by atoms with Gasteiger partial charge in [-0.05, 0) is 36.6 Å². The van der Waals surface area contributed by atoms with E-state index in [0.29, 0.717) is 17.5 Å². The van der Waals surface area contributed by atoms with Gasteiger partial charge in [-0.25, -0.2) is 8.42 Å². The fourth-order valence-electron chi connectivity index (χ4n) is 3.45. The summed E-state index contributed by atoms with van der Waals surface area (Å²) in [7, 11) is -3.93. The van der Waals surface area contributed by atoms with Gasteiger partial charge in [0.25, 0.3) is 0 Å². The van der Waals surface area contributed by atoms with Gasteiger partial charge >= 0.3 is 0 Å². The Morgan fingerprint density at radius 2 is 1.53 bits per heavy atom. The SMILES string of the molecule is CCCCC#CC(O)(c1ccccc1)C(NS(=O)(=O)c1ccc(C)cc1)c1ccccc1. The second kappa shape index (κ2) is 10.6. The van der Waals surface area contributed by atoms with Gasteiger partial charge in [-0.15, -0.1) is 0 Å². The molecule has 0 aromatic heterocycles. The summed E-state index contributed by atoms with van der Waals surface area (Å²) in [5.41, 5.74) is 0.364. The normalized spacial score (nSPS) is 14.1. The van der Waals surface area contributed by atoms with E-state index < -0.39 is 21.7 Å². The summed E-state index contributed by atoms with van der Waals surface area (Å²) < 4.78 is 29.4. The molecule has 2 N–H and O–H groups in total. The number of nitrogens with one attached hydrogen (secondary N) is 1. The van der Waals surface area contributed by atoms with E-state index in [1.807, 2.05) is 43.3 Å². The Morgan fingerprint density at radius 3 is 2.12 bits per heavy atom. The lowest BCUT2D eigenvalue weighted by molar-refractivity contribution is 0.0634. The molecule has 0 saturated carbocycles. The standard InChI is InChI=1S/C27H29NO3S/c1-3-4-5-12-21-27(29,24-15-10-7-11-16-24)26(23-13-8-6-9-14-23)28-32(30,31)25-19-17-22(2)18-20-25/h6-11,13-20,26,28-29H,3-5H2,1-2H3. The lowest BCUT2D eigenvalue weighted by atomic mass is 9.83. The quantitative estimate of drug-likeness (QED) is 0.373. The summed E-state index contributed by atoms with van der Waals surface area (Å²) in [4.78, 5) is 0.137. The van der Waals surface area contributed by atoms with E-state index in [-0.39, 0.29) is 4.90 Å². The van der Waals surface area contributed by atoms with Crippen LogP contribution in [0.3, 0.4) is 0 Å². The predicted octanol–water partition coefficient (Wildman–Crippen LogP) is 5.10. The number of aliphatic hydroxyl groups is 1. The Hall–Kier alpha value is -2.91. The van der Waals surface area contributed by atoms with Crippen molar-refractivity contribution in [3.63, 3.8) is 0 Å². The van der Waals surface area contributed by atoms with Gasteiger partial charge in [-0.2, -0.15) is 4.72 Å². The topological polar surface area (TPSA) is 66.4 Å². The van der Waals surface area contributed by atoms with Crippen LogP contribution in [0.2, 0.25) is 0 Å². The van der Waals surface area contributed by atoms with Gasteiger partial charge in [0, 0.05) is 6.42 Å². The zero-order chi connectivity index (χ0) is 23.0. The summed E-state index contributed by atoms with van der Waals surface area (Å²) in [6.45, 7) is 3.98. The van der Waals surface area contributed by atoms with Crippen molar-refractivity contribution in [3.05, 3.63) is 102 Å². The molecule has 0 amide bonds. The van der Waals surface area contributed by atoms with Crippen molar-refractivity contribution in [1.29, 1.82) is 0 Å². The Labute approximate surface area is 191 Å². The Kier molecular flexibility index (Phi) is 7.87. The summed E-state index contributed by atoms with van der Waals surface area (Å²) in [6, 6.07) is 23.7. The monoisotopic (exact) mass is 447 g/mol. The smallest absolute Gasteiger partial charge is 0.241 e. The number of sulfonamides is 1. The van der Waals surface area contributed by atoms with Gasteiger partial charge in [0.2, 0.25) is 10.0 Å². The van der Waals surface area contributed by atoms with Crippen LogP contribution in [-0.2, 0) is 15.6 Å². The maximum atomic E-state index is 13.3. The number of unbranched alkanes of at least 4 members (excludes halogenated alkanes) is 2. The van der Waals surface area contributed by atoms with Crippen LogP contribution >= 0.6 is 0 Å². The maximum absolute atomic E-state index is 13.3. The largest absolute Gasteiger partial charge is 0.371 e. The molecule has 0 aliphatic carbocycles. The molecule has 0 heterocycles. The Morgan fingerprint density at radius 1 is 0.938 bits per heavy atom. The van der Waals surface area contributed by atoms with Gasteiger partial charge in [-0.1, -0.05) is 104 Å². The minimum atomic E-state index is -3.93. The molecule has 0 spiro atoms. The molecule has 0 fully saturated rings. The van der Waals surface area contributed by atoms with Crippen LogP contribution in [0.1, 0.15) is 48.9 Å². The molecule has 3 rings (SSSR count). The molecular formula is C27H29NO3S. The van der Waals surface area contributed by atoms with E-state index in [4.69, 9.17) is 0 Å². The highest BCUT2D eigenvalue weighted by atomic mass is 32.2. The third-order valence-corrected chi connectivity index (χ3v) is 6.74. The molecule has 0 radical (unpaired) electrons. The molecule has 0 saturated heterocycles. The van der Waals surface area contributed by atoms with Crippen molar-refractivity contribution < 1.29 is 13.5 Å². The first kappa shape index (κ1) is 23.7. The maximum Gasteiger partial charge on any atom is 0.241 e. The van der Waals surface area contributed by atoms with Crippen LogP contribution < -0.4 is 4.72 Å². The number of rotatable bonds is 8. The van der Waals surface area contributed by atoms with Crippen molar-refractivity contribution in [2.24, 2.45) is 0 Å². The van der Waals surface area contributed by atoms with Crippen molar-refractivity contribution in [2.75, 3.05) is 0 Å². The van der Waals surface area contributed by atoms with Crippen LogP contribution in [0.15, 0.2) is 89.8 Å². The van der Waals surface area contributed by atoms with E-state index in [1.54, 1.807) is 48.5 Å². The fraction of sp³-hybridized carbons (Fsp3) is 0.259. The van der Waals surface area contributed by atoms with Gasteiger partial charge in [0.15, 0.2) is 5.60 Å². The van der Waals surface area contributed by atoms with Crippen LogP contribution in [0.5, 0.6) is 0 Å². The molecule has 0 bridgehead atoms. The van der Waals surface area contributed by atoms with Crippen molar-refractivity contribution in [1.82, 2.24) is 4.72 Å². The molecule has 0 aliphatic rings. The summed E-state index contributed by atoms with van der Waals surface area (Å²) >= 11 is 0. The van der Waals surface area contributed by atoms with Crippen molar-refractivity contribution >= 4 is 10.0 Å². The van der Waals surface area contributed by atoms with E-state index in [9.17, 15) is 13.5 Å². The molecule has 2 atom stereocenters. The number of hydrogen-bond donors (Lipinski definition) is 2. The Balaban J connectivity index is 2.13. The van der Waals surface area contributed by atoms with Crippen molar-refractivity contribution in [3.8, 4) is 11.8 Å².